The third kappa shape index (κ3) is 3.05. The maximum absolute atomic E-state index is 13.3. The van der Waals surface area contributed by atoms with Gasteiger partial charge in [0.2, 0.25) is 0 Å². The average molecular weight is 277 g/mol. The number of hydrogen-bond donors (Lipinski definition) is 1. The maximum atomic E-state index is 13.3. The molecule has 0 unspecified atom stereocenters. The van der Waals surface area contributed by atoms with Crippen LogP contribution in [0.2, 0.25) is 0 Å². The van der Waals surface area contributed by atoms with E-state index in [1.54, 1.807) is 0 Å². The van der Waals surface area contributed by atoms with Gasteiger partial charge in [-0.15, -0.1) is 0 Å². The van der Waals surface area contributed by atoms with Gasteiger partial charge >= 0.3 is 5.88 Å². The van der Waals surface area contributed by atoms with E-state index in [-0.39, 0.29) is 11.3 Å². The Morgan fingerprint density at radius 1 is 1.35 bits per heavy atom. The van der Waals surface area contributed by atoms with Crippen LogP contribution in [0.3, 0.4) is 0 Å². The zero-order chi connectivity index (χ0) is 14.5. The van der Waals surface area contributed by atoms with Crippen molar-refractivity contribution in [2.24, 2.45) is 5.10 Å². The Kier molecular flexibility index (Phi) is 3.85. The van der Waals surface area contributed by atoms with Crippen LogP contribution in [-0.4, -0.2) is 17.0 Å². The van der Waals surface area contributed by atoms with E-state index in [0.717, 1.165) is 18.3 Å². The third-order valence-electron chi connectivity index (χ3n) is 2.27. The van der Waals surface area contributed by atoms with E-state index in [2.05, 4.69) is 10.5 Å². The summed E-state index contributed by atoms with van der Waals surface area (Å²) < 4.78 is 18.1. The second-order valence-electron chi connectivity index (χ2n) is 3.61. The van der Waals surface area contributed by atoms with Crippen LogP contribution in [0.15, 0.2) is 45.9 Å². The number of furan rings is 1. The van der Waals surface area contributed by atoms with E-state index >= 15 is 0 Å². The number of nitrogens with one attached hydrogen (secondary N) is 1. The Morgan fingerprint density at radius 2 is 2.10 bits per heavy atom. The molecule has 0 radical (unpaired) electrons. The molecule has 0 atom stereocenters. The van der Waals surface area contributed by atoms with Crippen molar-refractivity contribution in [1.29, 1.82) is 0 Å². The summed E-state index contributed by atoms with van der Waals surface area (Å²) in [6.45, 7) is 0. The lowest BCUT2D eigenvalue weighted by Crippen LogP contribution is -2.18. The fourth-order valence-electron chi connectivity index (χ4n) is 1.37. The molecule has 1 N–H and O–H groups in total. The summed E-state index contributed by atoms with van der Waals surface area (Å²) >= 11 is 0. The molecule has 1 aromatic heterocycles. The standard InChI is InChI=1S/C12H8FN3O4/c13-10-4-2-1-3-9(10)12(17)15-14-7-8-5-6-11(20-8)16(18)19/h1-7H,(H,15,17)/b14-7-. The predicted molar refractivity (Wildman–Crippen MR) is 66.8 cm³/mol. The number of halogens is 1. The maximum Gasteiger partial charge on any atom is 0.433 e. The van der Waals surface area contributed by atoms with Crippen LogP contribution in [0.5, 0.6) is 0 Å². The normalized spacial score (nSPS) is 10.7. The van der Waals surface area contributed by atoms with E-state index < -0.39 is 22.5 Å². The molecule has 102 valence electrons. The summed E-state index contributed by atoms with van der Waals surface area (Å²) in [5, 5.41) is 13.9. The lowest BCUT2D eigenvalue weighted by atomic mass is 10.2. The molecule has 8 heteroatoms. The van der Waals surface area contributed by atoms with E-state index in [4.69, 9.17) is 4.42 Å². The Hall–Kier alpha value is -3.03. The first-order valence-corrected chi connectivity index (χ1v) is 5.40. The zero-order valence-electron chi connectivity index (χ0n) is 9.95. The number of amides is 1. The molecule has 0 spiro atoms. The van der Waals surface area contributed by atoms with Crippen LogP contribution in [0.1, 0.15) is 16.1 Å². The highest BCUT2D eigenvalue weighted by Crippen LogP contribution is 2.13. The predicted octanol–water partition coefficient (Wildman–Crippen LogP) is 2.09. The second-order valence-corrected chi connectivity index (χ2v) is 3.61. The van der Waals surface area contributed by atoms with Crippen molar-refractivity contribution in [3.05, 3.63) is 63.7 Å². The molecule has 2 aromatic rings. The molecule has 1 aromatic carbocycles. The third-order valence-corrected chi connectivity index (χ3v) is 2.27. The van der Waals surface area contributed by atoms with Gasteiger partial charge in [0.1, 0.15) is 10.7 Å². The Labute approximate surface area is 111 Å². The van der Waals surface area contributed by atoms with Crippen LogP contribution >= 0.6 is 0 Å². The van der Waals surface area contributed by atoms with Gasteiger partial charge in [0, 0.05) is 0 Å². The SMILES string of the molecule is O=C(N/N=C\c1ccc([N+](=O)[O-])o1)c1ccccc1F. The summed E-state index contributed by atoms with van der Waals surface area (Å²) in [7, 11) is 0. The van der Waals surface area contributed by atoms with Crippen LogP contribution in [0.4, 0.5) is 10.3 Å². The molecule has 20 heavy (non-hydrogen) atoms. The fourth-order valence-corrected chi connectivity index (χ4v) is 1.37. The highest BCUT2D eigenvalue weighted by molar-refractivity contribution is 5.94. The molecule has 7 nitrogen and oxygen atoms in total. The van der Waals surface area contributed by atoms with Gasteiger partial charge in [-0.05, 0) is 18.2 Å². The van der Waals surface area contributed by atoms with Crippen molar-refractivity contribution in [1.82, 2.24) is 5.43 Å². The molecule has 1 heterocycles. The van der Waals surface area contributed by atoms with Gasteiger partial charge < -0.3 is 4.42 Å². The first-order chi connectivity index (χ1) is 9.58. The molecule has 0 aliphatic carbocycles. The van der Waals surface area contributed by atoms with Crippen molar-refractivity contribution in [3.8, 4) is 0 Å². The van der Waals surface area contributed by atoms with E-state index in [9.17, 15) is 19.3 Å². The number of rotatable bonds is 4. The van der Waals surface area contributed by atoms with Crippen molar-refractivity contribution in [3.63, 3.8) is 0 Å². The fraction of sp³-hybridized carbons (Fsp3) is 0. The summed E-state index contributed by atoms with van der Waals surface area (Å²) in [5.41, 5.74) is 1.93. The van der Waals surface area contributed by atoms with Gasteiger partial charge in [-0.1, -0.05) is 12.1 Å². The summed E-state index contributed by atoms with van der Waals surface area (Å²) in [4.78, 5) is 21.2. The number of nitrogens with zero attached hydrogens (tertiary/aromatic N) is 2. The van der Waals surface area contributed by atoms with Crippen molar-refractivity contribution < 1.29 is 18.5 Å². The van der Waals surface area contributed by atoms with Gasteiger partial charge in [0.25, 0.3) is 5.91 Å². The average Bonchev–Trinajstić information content (AvgIpc) is 2.88. The number of benzene rings is 1. The minimum absolute atomic E-state index is 0.0885. The Balaban J connectivity index is 2.01. The molecular formula is C12H8FN3O4. The largest absolute Gasteiger partial charge is 0.433 e. The van der Waals surface area contributed by atoms with E-state index in [1.807, 2.05) is 0 Å². The van der Waals surface area contributed by atoms with Crippen LogP contribution < -0.4 is 5.43 Å². The smallest absolute Gasteiger partial charge is 0.400 e. The zero-order valence-corrected chi connectivity index (χ0v) is 9.95. The molecule has 0 aliphatic heterocycles. The van der Waals surface area contributed by atoms with Crippen LogP contribution in [-0.2, 0) is 0 Å². The second kappa shape index (κ2) is 5.74. The monoisotopic (exact) mass is 277 g/mol. The van der Waals surface area contributed by atoms with E-state index in [1.165, 1.54) is 24.3 Å². The molecule has 0 fully saturated rings. The van der Waals surface area contributed by atoms with Gasteiger partial charge in [0.05, 0.1) is 17.8 Å². The topological polar surface area (TPSA) is 97.7 Å². The van der Waals surface area contributed by atoms with Crippen LogP contribution in [0, 0.1) is 15.9 Å². The van der Waals surface area contributed by atoms with Gasteiger partial charge in [0.15, 0.2) is 5.76 Å². The number of hydrazone groups is 1. The minimum atomic E-state index is -0.736. The van der Waals surface area contributed by atoms with Crippen molar-refractivity contribution in [2.45, 2.75) is 0 Å². The molecule has 2 rings (SSSR count). The lowest BCUT2D eigenvalue weighted by Gasteiger charge is -1.99. The molecule has 0 saturated carbocycles. The quantitative estimate of drug-likeness (QED) is 0.525. The molecule has 0 bridgehead atoms. The van der Waals surface area contributed by atoms with Gasteiger partial charge in [-0.2, -0.15) is 5.10 Å². The minimum Gasteiger partial charge on any atom is -0.400 e. The van der Waals surface area contributed by atoms with Gasteiger partial charge in [-0.25, -0.2) is 9.82 Å². The molecule has 1 amide bonds. The van der Waals surface area contributed by atoms with Crippen LogP contribution in [0.25, 0.3) is 0 Å². The summed E-state index contributed by atoms with van der Waals surface area (Å²) in [5.74, 6) is -1.76. The number of nitro groups is 1. The highest BCUT2D eigenvalue weighted by atomic mass is 19.1. The summed E-state index contributed by atoms with van der Waals surface area (Å²) in [6.07, 6.45) is 1.08. The van der Waals surface area contributed by atoms with Gasteiger partial charge in [-0.3, -0.25) is 14.9 Å². The number of carbonyl (C=O) groups is 1. The molecular weight excluding hydrogens is 269 g/mol. The number of carbonyl (C=O) groups excluding carboxylic acids is 1. The number of hydrogen-bond acceptors (Lipinski definition) is 5. The first-order valence-electron chi connectivity index (χ1n) is 5.40. The lowest BCUT2D eigenvalue weighted by molar-refractivity contribution is -0.402. The molecule has 0 saturated heterocycles. The van der Waals surface area contributed by atoms with Crippen molar-refractivity contribution >= 4 is 18.0 Å². The first kappa shape index (κ1) is 13.4. The highest BCUT2D eigenvalue weighted by Gasteiger charge is 2.11. The van der Waals surface area contributed by atoms with Crippen molar-refractivity contribution in [2.75, 3.05) is 0 Å². The Morgan fingerprint density at radius 3 is 2.75 bits per heavy atom. The summed E-state index contributed by atoms with van der Waals surface area (Å²) in [6, 6.07) is 7.89. The molecule has 0 aliphatic rings. The van der Waals surface area contributed by atoms with E-state index in [0.29, 0.717) is 0 Å². The Bertz CT molecular complexity index is 681.